The average Bonchev–Trinajstić information content (AvgIpc) is 2.37. The first kappa shape index (κ1) is 15.1. The molecule has 1 aliphatic carbocycles. The van der Waals surface area contributed by atoms with Crippen LogP contribution in [0, 0.1) is 0 Å². The van der Waals surface area contributed by atoms with Crippen molar-refractivity contribution in [2.24, 2.45) is 0 Å². The van der Waals surface area contributed by atoms with Gasteiger partial charge in [-0.05, 0) is 0 Å². The molecule has 1 atom stereocenters. The zero-order chi connectivity index (χ0) is 12.0. The molecule has 16 heavy (non-hydrogen) atoms. The van der Waals surface area contributed by atoms with Crippen LogP contribution in [0.3, 0.4) is 0 Å². The van der Waals surface area contributed by atoms with Gasteiger partial charge in [-0.1, -0.05) is 0 Å². The van der Waals surface area contributed by atoms with E-state index in [4.69, 9.17) is 2.13 Å². The second-order valence-corrected chi connectivity index (χ2v) is 25.6. The minimum atomic E-state index is -2.57. The SMILES string of the molecule is C[CH2][Pb]([CH2]C)([CH2]C)[O]S(=O)C1CCCCC1. The predicted octanol–water partition coefficient (Wildman–Crippen LogP) is 4.00. The molecule has 0 spiro atoms. The molecular formula is C12H26O2PbS. The van der Waals surface area contributed by atoms with Crippen LogP contribution in [0.4, 0.5) is 0 Å². The first-order chi connectivity index (χ1) is 7.67. The zero-order valence-electron chi connectivity index (χ0n) is 11.0. The van der Waals surface area contributed by atoms with Gasteiger partial charge < -0.3 is 0 Å². The van der Waals surface area contributed by atoms with E-state index in [1.165, 1.54) is 31.2 Å². The van der Waals surface area contributed by atoms with E-state index >= 15 is 0 Å². The molecule has 96 valence electrons. The predicted molar refractivity (Wildman–Crippen MR) is 73.3 cm³/mol. The molecule has 4 heteroatoms. The van der Waals surface area contributed by atoms with Gasteiger partial charge in [0.05, 0.1) is 0 Å². The van der Waals surface area contributed by atoms with Crippen molar-refractivity contribution in [1.82, 2.24) is 0 Å². The van der Waals surface area contributed by atoms with E-state index < -0.39 is 32.7 Å². The summed E-state index contributed by atoms with van der Waals surface area (Å²) in [6.07, 6.45) is 6.04. The second-order valence-electron chi connectivity index (χ2n) is 4.85. The molecule has 1 saturated carbocycles. The summed E-state index contributed by atoms with van der Waals surface area (Å²) in [5.74, 6) is 0. The summed E-state index contributed by atoms with van der Waals surface area (Å²) in [6.45, 7) is 6.69. The Bertz CT molecular complexity index is 215. The van der Waals surface area contributed by atoms with Gasteiger partial charge in [-0.3, -0.25) is 0 Å². The van der Waals surface area contributed by atoms with Gasteiger partial charge in [0.1, 0.15) is 0 Å². The summed E-state index contributed by atoms with van der Waals surface area (Å²) in [6, 6.07) is 0. The van der Waals surface area contributed by atoms with E-state index in [1.54, 1.807) is 0 Å². The van der Waals surface area contributed by atoms with Crippen molar-refractivity contribution < 1.29 is 6.34 Å². The Kier molecular flexibility index (Phi) is 7.04. The summed E-state index contributed by atoms with van der Waals surface area (Å²) < 4.78 is 21.9. The molecular weight excluding hydrogens is 415 g/mol. The Labute approximate surface area is 109 Å². The first-order valence-electron chi connectivity index (χ1n) is 6.77. The molecule has 1 aliphatic rings. The van der Waals surface area contributed by atoms with Crippen LogP contribution in [0.5, 0.6) is 0 Å². The van der Waals surface area contributed by atoms with Crippen molar-refractivity contribution in [2.75, 3.05) is 0 Å². The van der Waals surface area contributed by atoms with Gasteiger partial charge in [-0.25, -0.2) is 0 Å². The van der Waals surface area contributed by atoms with Gasteiger partial charge in [-0.2, -0.15) is 0 Å². The van der Waals surface area contributed by atoms with Gasteiger partial charge >= 0.3 is 109 Å². The summed E-state index contributed by atoms with van der Waals surface area (Å²) in [5.41, 5.74) is 0. The fourth-order valence-corrected chi connectivity index (χ4v) is 19.6. The first-order valence-corrected chi connectivity index (χ1v) is 17.7. The van der Waals surface area contributed by atoms with E-state index in [-0.39, 0.29) is 0 Å². The topological polar surface area (TPSA) is 26.3 Å². The second kappa shape index (κ2) is 7.46. The van der Waals surface area contributed by atoms with Crippen molar-refractivity contribution in [1.29, 1.82) is 0 Å². The van der Waals surface area contributed by atoms with Crippen molar-refractivity contribution in [2.45, 2.75) is 70.1 Å². The molecule has 0 heterocycles. The minimum absolute atomic E-state index is 0.345. The van der Waals surface area contributed by atoms with Crippen molar-refractivity contribution in [3.05, 3.63) is 0 Å². The Hall–Kier alpha value is 1.03. The standard InChI is InChI=1S/C6H12O2S.3C2H5.Pb/c7-9(8)6-4-2-1-3-5-6;3*1-2;/h6H,1-5H2,(H,7,8);3*1H2,2H3;/q;;;;+1/p-1. The molecule has 0 aromatic carbocycles. The third-order valence-electron chi connectivity index (χ3n) is 4.02. The maximum atomic E-state index is 12.2. The van der Waals surface area contributed by atoms with Crippen molar-refractivity contribution >= 4 is 32.7 Å². The number of rotatable bonds is 6. The zero-order valence-corrected chi connectivity index (χ0v) is 15.7. The van der Waals surface area contributed by atoms with E-state index in [2.05, 4.69) is 20.8 Å². The Morgan fingerprint density at radius 3 is 2.00 bits per heavy atom. The maximum absolute atomic E-state index is 12.2. The molecule has 1 unspecified atom stereocenters. The van der Waals surface area contributed by atoms with Crippen LogP contribution in [-0.2, 0) is 13.2 Å². The van der Waals surface area contributed by atoms with E-state index in [0.717, 1.165) is 12.8 Å². The third kappa shape index (κ3) is 4.05. The van der Waals surface area contributed by atoms with Crippen molar-refractivity contribution in [3.8, 4) is 0 Å². The molecule has 0 N–H and O–H groups in total. The third-order valence-corrected chi connectivity index (χ3v) is 26.6. The molecule has 0 amide bonds. The monoisotopic (exact) mass is 442 g/mol. The Morgan fingerprint density at radius 2 is 1.56 bits per heavy atom. The van der Waals surface area contributed by atoms with Gasteiger partial charge in [0, 0.05) is 0 Å². The van der Waals surface area contributed by atoms with E-state index in [0.29, 0.717) is 5.25 Å². The Balaban J connectivity index is 2.53. The molecule has 1 fully saturated rings. The summed E-state index contributed by atoms with van der Waals surface area (Å²) >= 11 is -3.55. The molecule has 0 aromatic rings. The number of hydrogen-bond donors (Lipinski definition) is 0. The van der Waals surface area contributed by atoms with Crippen LogP contribution in [0.25, 0.3) is 0 Å². The molecule has 2 nitrogen and oxygen atoms in total. The van der Waals surface area contributed by atoms with Crippen LogP contribution >= 0.6 is 0 Å². The molecule has 0 aromatic heterocycles. The van der Waals surface area contributed by atoms with E-state index in [1.807, 2.05) is 0 Å². The summed E-state index contributed by atoms with van der Waals surface area (Å²) in [4.78, 5) is 0. The van der Waals surface area contributed by atoms with Crippen LogP contribution in [0.2, 0.25) is 11.9 Å². The normalized spacial score (nSPS) is 20.9. The molecule has 0 aliphatic heterocycles. The average molecular weight is 442 g/mol. The fourth-order valence-electron chi connectivity index (χ4n) is 2.43. The van der Waals surface area contributed by atoms with Gasteiger partial charge in [0.25, 0.3) is 0 Å². The molecule has 1 rings (SSSR count). The van der Waals surface area contributed by atoms with Crippen LogP contribution in [-0.4, -0.2) is 31.1 Å². The molecule has 0 radical (unpaired) electrons. The summed E-state index contributed by atoms with van der Waals surface area (Å²) in [5, 5.41) is 0.345. The van der Waals surface area contributed by atoms with Gasteiger partial charge in [-0.15, -0.1) is 0 Å². The van der Waals surface area contributed by atoms with Crippen LogP contribution in [0.15, 0.2) is 0 Å². The van der Waals surface area contributed by atoms with Gasteiger partial charge in [0.2, 0.25) is 0 Å². The van der Waals surface area contributed by atoms with E-state index in [9.17, 15) is 4.21 Å². The van der Waals surface area contributed by atoms with Crippen LogP contribution < -0.4 is 0 Å². The molecule has 0 saturated heterocycles. The van der Waals surface area contributed by atoms with Crippen molar-refractivity contribution in [3.63, 3.8) is 0 Å². The summed E-state index contributed by atoms with van der Waals surface area (Å²) in [7, 11) is 0. The number of hydrogen-bond acceptors (Lipinski definition) is 2. The molecule has 0 bridgehead atoms. The Morgan fingerprint density at radius 1 is 1.06 bits per heavy atom. The quantitative estimate of drug-likeness (QED) is 0.583. The fraction of sp³-hybridized carbons (Fsp3) is 1.00. The van der Waals surface area contributed by atoms with Gasteiger partial charge in [0.15, 0.2) is 0 Å². The van der Waals surface area contributed by atoms with Crippen LogP contribution in [0.1, 0.15) is 52.9 Å².